The lowest BCUT2D eigenvalue weighted by Crippen LogP contribution is -2.39. The summed E-state index contributed by atoms with van der Waals surface area (Å²) in [6, 6.07) is 11.1. The number of fused-ring (bicyclic) bond motifs is 1. The summed E-state index contributed by atoms with van der Waals surface area (Å²) in [4.78, 5) is 14.3. The molecule has 1 aliphatic heterocycles. The van der Waals surface area contributed by atoms with Crippen LogP contribution < -0.4 is 20.7 Å². The van der Waals surface area contributed by atoms with Gasteiger partial charge in [0.15, 0.2) is 0 Å². The number of nitrogens with two attached hydrogens (primary N) is 1. The van der Waals surface area contributed by atoms with Crippen LogP contribution in [0.5, 0.6) is 5.75 Å². The van der Waals surface area contributed by atoms with E-state index < -0.39 is 6.36 Å². The largest absolute Gasteiger partial charge is 0.573 e. The molecule has 0 atom stereocenters. The van der Waals surface area contributed by atoms with E-state index in [9.17, 15) is 18.0 Å². The van der Waals surface area contributed by atoms with Gasteiger partial charge >= 0.3 is 6.36 Å². The molecule has 3 N–H and O–H groups in total. The highest BCUT2D eigenvalue weighted by Crippen LogP contribution is 2.30. The SMILES string of the molecule is Cl.Nc1cccc2c1CCCN2CC(=O)NCc1ccc(OC(F)(F)F)cc1. The highest BCUT2D eigenvalue weighted by atomic mass is 35.5. The summed E-state index contributed by atoms with van der Waals surface area (Å²) in [5, 5.41) is 2.78. The van der Waals surface area contributed by atoms with Gasteiger partial charge in [0.1, 0.15) is 5.75 Å². The van der Waals surface area contributed by atoms with Crippen molar-refractivity contribution < 1.29 is 22.7 Å². The Morgan fingerprint density at radius 1 is 1.18 bits per heavy atom. The van der Waals surface area contributed by atoms with Crippen molar-refractivity contribution in [2.24, 2.45) is 0 Å². The van der Waals surface area contributed by atoms with Crippen molar-refractivity contribution in [3.05, 3.63) is 53.6 Å². The molecule has 9 heteroatoms. The molecule has 1 aliphatic rings. The maximum Gasteiger partial charge on any atom is 0.573 e. The number of anilines is 2. The number of halogens is 4. The molecule has 1 amide bonds. The van der Waals surface area contributed by atoms with Crippen LogP contribution >= 0.6 is 12.4 Å². The van der Waals surface area contributed by atoms with Gasteiger partial charge in [0.2, 0.25) is 5.91 Å². The van der Waals surface area contributed by atoms with E-state index in [1.54, 1.807) is 0 Å². The normalized spacial score (nSPS) is 13.3. The number of carbonyl (C=O) groups excluding carboxylic acids is 1. The van der Waals surface area contributed by atoms with Crippen molar-refractivity contribution in [2.45, 2.75) is 25.7 Å². The summed E-state index contributed by atoms with van der Waals surface area (Å²) >= 11 is 0. The number of hydrogen-bond acceptors (Lipinski definition) is 4. The second-order valence-corrected chi connectivity index (χ2v) is 6.34. The first-order valence-corrected chi connectivity index (χ1v) is 8.55. The summed E-state index contributed by atoms with van der Waals surface area (Å²) in [7, 11) is 0. The number of alkyl halides is 3. The third-order valence-corrected chi connectivity index (χ3v) is 4.36. The van der Waals surface area contributed by atoms with Gasteiger partial charge in [0.05, 0.1) is 6.54 Å². The fourth-order valence-corrected chi connectivity index (χ4v) is 3.13. The molecule has 0 aliphatic carbocycles. The predicted octanol–water partition coefficient (Wildman–Crippen LogP) is 3.66. The molecular formula is C19H21ClF3N3O2. The summed E-state index contributed by atoms with van der Waals surface area (Å²) in [6.07, 6.45) is -2.90. The summed E-state index contributed by atoms with van der Waals surface area (Å²) in [5.74, 6) is -0.457. The average molecular weight is 416 g/mol. The van der Waals surface area contributed by atoms with Crippen LogP contribution in [-0.2, 0) is 17.8 Å². The Hall–Kier alpha value is -2.61. The highest BCUT2D eigenvalue weighted by molar-refractivity contribution is 5.85. The molecule has 152 valence electrons. The van der Waals surface area contributed by atoms with Gasteiger partial charge in [-0.2, -0.15) is 0 Å². The maximum atomic E-state index is 12.3. The Morgan fingerprint density at radius 2 is 1.89 bits per heavy atom. The van der Waals surface area contributed by atoms with Crippen molar-refractivity contribution in [3.8, 4) is 5.75 Å². The molecular weight excluding hydrogens is 395 g/mol. The van der Waals surface area contributed by atoms with Gasteiger partial charge in [-0.1, -0.05) is 18.2 Å². The average Bonchev–Trinajstić information content (AvgIpc) is 2.61. The topological polar surface area (TPSA) is 67.6 Å². The molecule has 3 rings (SSSR count). The van der Waals surface area contributed by atoms with E-state index in [1.807, 2.05) is 23.1 Å². The number of amides is 1. The Balaban J connectivity index is 0.00000280. The monoisotopic (exact) mass is 415 g/mol. The van der Waals surface area contributed by atoms with E-state index in [-0.39, 0.29) is 37.2 Å². The maximum absolute atomic E-state index is 12.3. The fourth-order valence-electron chi connectivity index (χ4n) is 3.13. The summed E-state index contributed by atoms with van der Waals surface area (Å²) in [6.45, 7) is 1.20. The van der Waals surface area contributed by atoms with E-state index in [1.165, 1.54) is 24.3 Å². The molecule has 0 unspecified atom stereocenters. The molecule has 5 nitrogen and oxygen atoms in total. The van der Waals surface area contributed by atoms with Crippen LogP contribution in [0.3, 0.4) is 0 Å². The smallest absolute Gasteiger partial charge is 0.406 e. The Kier molecular flexibility index (Phi) is 7.01. The van der Waals surface area contributed by atoms with Gasteiger partial charge < -0.3 is 20.7 Å². The van der Waals surface area contributed by atoms with Gasteiger partial charge in [-0.3, -0.25) is 4.79 Å². The fraction of sp³-hybridized carbons (Fsp3) is 0.316. The molecule has 2 aromatic carbocycles. The Labute approximate surface area is 167 Å². The number of nitrogen functional groups attached to an aromatic ring is 1. The lowest BCUT2D eigenvalue weighted by molar-refractivity contribution is -0.274. The van der Waals surface area contributed by atoms with Gasteiger partial charge in [-0.05, 0) is 48.2 Å². The van der Waals surface area contributed by atoms with E-state index in [0.717, 1.165) is 36.3 Å². The van der Waals surface area contributed by atoms with Crippen LogP contribution in [0, 0.1) is 0 Å². The van der Waals surface area contributed by atoms with Crippen molar-refractivity contribution in [1.82, 2.24) is 5.32 Å². The number of ether oxygens (including phenoxy) is 1. The lowest BCUT2D eigenvalue weighted by atomic mass is 10.00. The van der Waals surface area contributed by atoms with Crippen LogP contribution in [0.1, 0.15) is 17.5 Å². The third kappa shape index (κ3) is 5.69. The lowest BCUT2D eigenvalue weighted by Gasteiger charge is -2.31. The van der Waals surface area contributed by atoms with Crippen molar-refractivity contribution in [1.29, 1.82) is 0 Å². The second-order valence-electron chi connectivity index (χ2n) is 6.34. The van der Waals surface area contributed by atoms with Gasteiger partial charge in [-0.15, -0.1) is 25.6 Å². The Morgan fingerprint density at radius 3 is 2.57 bits per heavy atom. The minimum atomic E-state index is -4.72. The number of carbonyl (C=O) groups is 1. The molecule has 0 saturated heterocycles. The number of rotatable bonds is 5. The van der Waals surface area contributed by atoms with Gasteiger partial charge in [-0.25, -0.2) is 0 Å². The molecule has 0 aromatic heterocycles. The standard InChI is InChI=1S/C19H20F3N3O2.ClH/c20-19(21,22)27-14-8-6-13(7-9-14)11-24-18(26)12-25-10-2-3-15-16(23)4-1-5-17(15)25;/h1,4-9H,2-3,10-12,23H2,(H,24,26);1H. The zero-order valence-corrected chi connectivity index (χ0v) is 15.8. The Bertz CT molecular complexity index is 813. The molecule has 0 spiro atoms. The van der Waals surface area contributed by atoms with E-state index in [2.05, 4.69) is 10.1 Å². The third-order valence-electron chi connectivity index (χ3n) is 4.36. The first-order chi connectivity index (χ1) is 12.8. The van der Waals surface area contributed by atoms with E-state index >= 15 is 0 Å². The van der Waals surface area contributed by atoms with Crippen molar-refractivity contribution >= 4 is 29.7 Å². The second kappa shape index (κ2) is 9.05. The van der Waals surface area contributed by atoms with Crippen LogP contribution in [0.2, 0.25) is 0 Å². The van der Waals surface area contributed by atoms with Crippen LogP contribution in [0.15, 0.2) is 42.5 Å². The zero-order valence-electron chi connectivity index (χ0n) is 15.0. The first kappa shape index (κ1) is 21.7. The number of hydrogen-bond donors (Lipinski definition) is 2. The first-order valence-electron chi connectivity index (χ1n) is 8.55. The summed E-state index contributed by atoms with van der Waals surface area (Å²) in [5.41, 5.74) is 9.47. The van der Waals surface area contributed by atoms with Crippen molar-refractivity contribution in [3.63, 3.8) is 0 Å². The van der Waals surface area contributed by atoms with E-state index in [0.29, 0.717) is 5.56 Å². The molecule has 1 heterocycles. The summed E-state index contributed by atoms with van der Waals surface area (Å²) < 4.78 is 40.3. The molecule has 0 saturated carbocycles. The van der Waals surface area contributed by atoms with Gasteiger partial charge in [0.25, 0.3) is 0 Å². The van der Waals surface area contributed by atoms with Crippen LogP contribution in [-0.4, -0.2) is 25.4 Å². The van der Waals surface area contributed by atoms with Crippen LogP contribution in [0.4, 0.5) is 24.5 Å². The number of nitrogens with zero attached hydrogens (tertiary/aromatic N) is 1. The molecule has 0 radical (unpaired) electrons. The molecule has 28 heavy (non-hydrogen) atoms. The quantitative estimate of drug-likeness (QED) is 0.731. The van der Waals surface area contributed by atoms with Crippen LogP contribution in [0.25, 0.3) is 0 Å². The zero-order chi connectivity index (χ0) is 19.4. The van der Waals surface area contributed by atoms with Gasteiger partial charge in [0, 0.05) is 24.5 Å². The van der Waals surface area contributed by atoms with E-state index in [4.69, 9.17) is 5.73 Å². The molecule has 0 bridgehead atoms. The predicted molar refractivity (Wildman–Crippen MR) is 104 cm³/mol. The number of benzene rings is 2. The minimum Gasteiger partial charge on any atom is -0.406 e. The minimum absolute atomic E-state index is 0. The highest BCUT2D eigenvalue weighted by Gasteiger charge is 2.31. The number of nitrogens with one attached hydrogen (secondary N) is 1. The van der Waals surface area contributed by atoms with Crippen molar-refractivity contribution in [2.75, 3.05) is 23.7 Å². The molecule has 0 fully saturated rings. The molecule has 2 aromatic rings.